The summed E-state index contributed by atoms with van der Waals surface area (Å²) in [7, 11) is 0. The minimum absolute atomic E-state index is 0.0621. The van der Waals surface area contributed by atoms with E-state index >= 15 is 0 Å². The van der Waals surface area contributed by atoms with Crippen LogP contribution in [0.4, 0.5) is 0 Å². The lowest BCUT2D eigenvalue weighted by molar-refractivity contribution is -0.129. The van der Waals surface area contributed by atoms with Gasteiger partial charge in [-0.15, -0.1) is 0 Å². The third-order valence-corrected chi connectivity index (χ3v) is 2.92. The lowest BCUT2D eigenvalue weighted by Gasteiger charge is -2.24. The molecule has 0 aromatic rings. The summed E-state index contributed by atoms with van der Waals surface area (Å²) in [6.45, 7) is 10.6. The molecule has 0 heterocycles. The van der Waals surface area contributed by atoms with Crippen molar-refractivity contribution < 1.29 is 4.79 Å². The summed E-state index contributed by atoms with van der Waals surface area (Å²) in [5.41, 5.74) is 5.11. The van der Waals surface area contributed by atoms with Gasteiger partial charge in [0.2, 0.25) is 5.91 Å². The van der Waals surface area contributed by atoms with Crippen LogP contribution in [0.3, 0.4) is 0 Å². The number of carbonyl (C=O) groups is 1. The van der Waals surface area contributed by atoms with E-state index in [1.165, 1.54) is 12.8 Å². The quantitative estimate of drug-likeness (QED) is 0.702. The van der Waals surface area contributed by atoms with Crippen LogP contribution in [0.25, 0.3) is 0 Å². The molecule has 96 valence electrons. The molecule has 0 aromatic heterocycles. The van der Waals surface area contributed by atoms with Crippen LogP contribution in [0, 0.1) is 11.3 Å². The van der Waals surface area contributed by atoms with Crippen LogP contribution in [0.1, 0.15) is 53.9 Å². The molecule has 0 radical (unpaired) electrons. The van der Waals surface area contributed by atoms with Crippen LogP contribution < -0.4 is 11.1 Å². The highest BCUT2D eigenvalue weighted by molar-refractivity contribution is 5.82. The summed E-state index contributed by atoms with van der Waals surface area (Å²) >= 11 is 0. The van der Waals surface area contributed by atoms with E-state index in [9.17, 15) is 4.79 Å². The van der Waals surface area contributed by atoms with Crippen molar-refractivity contribution in [2.45, 2.75) is 59.9 Å². The van der Waals surface area contributed by atoms with Crippen molar-refractivity contribution in [3.8, 4) is 0 Å². The lowest BCUT2D eigenvalue weighted by atomic mass is 9.92. The van der Waals surface area contributed by atoms with Crippen molar-refractivity contribution in [3.05, 3.63) is 0 Å². The average molecular weight is 228 g/mol. The van der Waals surface area contributed by atoms with E-state index in [0.717, 1.165) is 12.3 Å². The Morgan fingerprint density at radius 3 is 2.25 bits per heavy atom. The van der Waals surface area contributed by atoms with Crippen LogP contribution >= 0.6 is 0 Å². The molecule has 1 atom stereocenters. The number of nitrogens with one attached hydrogen (secondary N) is 1. The molecule has 0 saturated heterocycles. The minimum Gasteiger partial charge on any atom is -0.353 e. The van der Waals surface area contributed by atoms with Gasteiger partial charge in [0.1, 0.15) is 0 Å². The summed E-state index contributed by atoms with van der Waals surface area (Å²) in [6.07, 6.45) is 3.44. The highest BCUT2D eigenvalue weighted by Crippen LogP contribution is 2.14. The fraction of sp³-hybridized carbons (Fsp3) is 0.923. The summed E-state index contributed by atoms with van der Waals surface area (Å²) in [5.74, 6) is 0.801. The van der Waals surface area contributed by atoms with Crippen molar-refractivity contribution >= 4 is 5.91 Å². The Bertz CT molecular complexity index is 212. The number of hydrogen-bond donors (Lipinski definition) is 2. The zero-order valence-corrected chi connectivity index (χ0v) is 11.5. The van der Waals surface area contributed by atoms with E-state index in [-0.39, 0.29) is 11.9 Å². The van der Waals surface area contributed by atoms with Gasteiger partial charge in [-0.25, -0.2) is 0 Å². The molecule has 0 aromatic carbocycles. The van der Waals surface area contributed by atoms with Crippen molar-refractivity contribution in [1.29, 1.82) is 0 Å². The molecule has 1 amide bonds. The molecule has 3 heteroatoms. The predicted octanol–water partition coefficient (Wildman–Crippen LogP) is 2.30. The van der Waals surface area contributed by atoms with E-state index in [2.05, 4.69) is 26.1 Å². The number of rotatable bonds is 7. The van der Waals surface area contributed by atoms with Gasteiger partial charge < -0.3 is 11.1 Å². The molecule has 0 aliphatic carbocycles. The molecule has 0 aliphatic heterocycles. The second-order valence-corrected chi connectivity index (χ2v) is 5.79. The molecular formula is C13H28N2O. The van der Waals surface area contributed by atoms with Gasteiger partial charge in [-0.3, -0.25) is 4.79 Å². The van der Waals surface area contributed by atoms with Gasteiger partial charge in [-0.1, -0.05) is 26.7 Å². The highest BCUT2D eigenvalue weighted by Gasteiger charge is 2.26. The lowest BCUT2D eigenvalue weighted by Crippen LogP contribution is -2.45. The highest BCUT2D eigenvalue weighted by atomic mass is 16.2. The van der Waals surface area contributed by atoms with Crippen LogP contribution in [0.2, 0.25) is 0 Å². The smallest absolute Gasteiger partial charge is 0.227 e. The Balaban J connectivity index is 3.87. The van der Waals surface area contributed by atoms with Crippen molar-refractivity contribution in [2.75, 3.05) is 6.54 Å². The van der Waals surface area contributed by atoms with Crippen molar-refractivity contribution in [2.24, 2.45) is 17.1 Å². The molecule has 0 fully saturated rings. The van der Waals surface area contributed by atoms with Gasteiger partial charge in [-0.05, 0) is 33.1 Å². The Hall–Kier alpha value is -0.570. The number of hydrogen-bond acceptors (Lipinski definition) is 2. The van der Waals surface area contributed by atoms with Crippen LogP contribution in [-0.2, 0) is 4.79 Å². The maximum Gasteiger partial charge on any atom is 0.227 e. The molecule has 0 aliphatic rings. The van der Waals surface area contributed by atoms with Crippen LogP contribution in [0.15, 0.2) is 0 Å². The van der Waals surface area contributed by atoms with Gasteiger partial charge >= 0.3 is 0 Å². The zero-order valence-electron chi connectivity index (χ0n) is 11.5. The van der Waals surface area contributed by atoms with E-state index in [0.29, 0.717) is 6.54 Å². The first-order chi connectivity index (χ1) is 7.29. The van der Waals surface area contributed by atoms with Gasteiger partial charge in [0.15, 0.2) is 0 Å². The molecule has 0 bridgehead atoms. The van der Waals surface area contributed by atoms with Crippen molar-refractivity contribution in [3.63, 3.8) is 0 Å². The first-order valence-corrected chi connectivity index (χ1v) is 6.30. The average Bonchev–Trinajstić information content (AvgIpc) is 2.16. The molecule has 0 spiro atoms. The number of carbonyl (C=O) groups excluding carboxylic acids is 1. The van der Waals surface area contributed by atoms with Crippen LogP contribution in [-0.4, -0.2) is 18.5 Å². The monoisotopic (exact) mass is 228 g/mol. The number of amides is 1. The second kappa shape index (κ2) is 6.89. The first-order valence-electron chi connectivity index (χ1n) is 6.30. The standard InChI is InChI=1S/C13H28N2O/c1-10(2)7-6-8-11(3)15-12(16)13(4,5)9-14/h10-11H,6-9,14H2,1-5H3,(H,15,16). The number of nitrogens with two attached hydrogens (primary N) is 1. The Morgan fingerprint density at radius 1 is 1.25 bits per heavy atom. The van der Waals surface area contributed by atoms with Gasteiger partial charge in [0, 0.05) is 12.6 Å². The summed E-state index contributed by atoms with van der Waals surface area (Å²) in [4.78, 5) is 11.8. The maximum absolute atomic E-state index is 11.8. The molecule has 3 N–H and O–H groups in total. The summed E-state index contributed by atoms with van der Waals surface area (Å²) in [6, 6.07) is 0.247. The topological polar surface area (TPSA) is 55.1 Å². The summed E-state index contributed by atoms with van der Waals surface area (Å²) < 4.78 is 0. The third-order valence-electron chi connectivity index (χ3n) is 2.92. The second-order valence-electron chi connectivity index (χ2n) is 5.79. The normalized spacial score (nSPS) is 13.9. The first kappa shape index (κ1) is 15.4. The van der Waals surface area contributed by atoms with E-state index in [1.807, 2.05) is 13.8 Å². The Labute approximate surface area is 100 Å². The molecule has 0 rings (SSSR count). The molecular weight excluding hydrogens is 200 g/mol. The third kappa shape index (κ3) is 6.11. The van der Waals surface area contributed by atoms with Gasteiger partial charge in [0.05, 0.1) is 5.41 Å². The molecule has 0 saturated carbocycles. The Morgan fingerprint density at radius 2 is 1.81 bits per heavy atom. The fourth-order valence-corrected chi connectivity index (χ4v) is 1.42. The van der Waals surface area contributed by atoms with E-state index in [1.54, 1.807) is 0 Å². The van der Waals surface area contributed by atoms with Crippen molar-refractivity contribution in [1.82, 2.24) is 5.32 Å². The van der Waals surface area contributed by atoms with E-state index in [4.69, 9.17) is 5.73 Å². The fourth-order valence-electron chi connectivity index (χ4n) is 1.42. The van der Waals surface area contributed by atoms with Crippen LogP contribution in [0.5, 0.6) is 0 Å². The molecule has 16 heavy (non-hydrogen) atoms. The predicted molar refractivity (Wildman–Crippen MR) is 69.1 cm³/mol. The molecule has 3 nitrogen and oxygen atoms in total. The molecule has 1 unspecified atom stereocenters. The summed E-state index contributed by atoms with van der Waals surface area (Å²) in [5, 5.41) is 3.03. The SMILES string of the molecule is CC(C)CCCC(C)NC(=O)C(C)(C)CN. The zero-order chi connectivity index (χ0) is 12.8. The van der Waals surface area contributed by atoms with E-state index < -0.39 is 5.41 Å². The Kier molecular flexibility index (Phi) is 6.65. The largest absolute Gasteiger partial charge is 0.353 e. The minimum atomic E-state index is -0.452. The van der Waals surface area contributed by atoms with Gasteiger partial charge in [0.25, 0.3) is 0 Å². The maximum atomic E-state index is 11.8. The van der Waals surface area contributed by atoms with Gasteiger partial charge in [-0.2, -0.15) is 0 Å².